The summed E-state index contributed by atoms with van der Waals surface area (Å²) >= 11 is 0. The van der Waals surface area contributed by atoms with E-state index in [2.05, 4.69) is 15.1 Å². The first-order valence-electron chi connectivity index (χ1n) is 3.36. The van der Waals surface area contributed by atoms with Crippen LogP contribution in [-0.4, -0.2) is 19.7 Å². The minimum Gasteiger partial charge on any atom is -0.381 e. The van der Waals surface area contributed by atoms with Crippen LogP contribution in [0.1, 0.15) is 0 Å². The monoisotopic (exact) mass is 165 g/mol. The zero-order valence-corrected chi connectivity index (χ0v) is 6.40. The van der Waals surface area contributed by atoms with E-state index in [0.717, 1.165) is 0 Å². The average Bonchev–Trinajstić information content (AvgIpc) is 2.29. The number of anilines is 1. The smallest absolute Gasteiger partial charge is 0.264 e. The highest BCUT2D eigenvalue weighted by molar-refractivity contribution is 5.84. The summed E-state index contributed by atoms with van der Waals surface area (Å²) < 4.78 is 1.47. The second-order valence-electron chi connectivity index (χ2n) is 2.44. The molecule has 3 N–H and O–H groups in total. The lowest BCUT2D eigenvalue weighted by molar-refractivity contribution is 0.789. The maximum absolute atomic E-state index is 11.2. The molecule has 0 aliphatic rings. The third-order valence-electron chi connectivity index (χ3n) is 1.65. The second kappa shape index (κ2) is 2.07. The highest BCUT2D eigenvalue weighted by Crippen LogP contribution is 2.10. The topological polar surface area (TPSA) is 89.6 Å². The fourth-order valence-corrected chi connectivity index (χ4v) is 1.13. The molecule has 0 unspecified atom stereocenters. The molecule has 0 fully saturated rings. The van der Waals surface area contributed by atoms with Crippen LogP contribution in [0.5, 0.6) is 0 Å². The fourth-order valence-electron chi connectivity index (χ4n) is 1.13. The van der Waals surface area contributed by atoms with Crippen molar-refractivity contribution in [3.8, 4) is 0 Å². The number of hydrogen-bond acceptors (Lipinski definition) is 4. The van der Waals surface area contributed by atoms with Crippen molar-refractivity contribution >= 4 is 16.9 Å². The normalized spacial score (nSPS) is 10.8. The fraction of sp³-hybridized carbons (Fsp3) is 0.167. The zero-order valence-electron chi connectivity index (χ0n) is 6.40. The van der Waals surface area contributed by atoms with E-state index in [1.54, 1.807) is 7.05 Å². The van der Waals surface area contributed by atoms with E-state index in [0.29, 0.717) is 11.0 Å². The quantitative estimate of drug-likeness (QED) is 0.536. The number of H-pyrrole nitrogens is 1. The van der Waals surface area contributed by atoms with Crippen molar-refractivity contribution in [2.45, 2.75) is 0 Å². The van der Waals surface area contributed by atoms with Crippen LogP contribution in [-0.2, 0) is 7.05 Å². The summed E-state index contributed by atoms with van der Waals surface area (Å²) in [5.74, 6) is 0.210. The predicted octanol–water partition coefficient (Wildman–Crippen LogP) is -0.761. The van der Waals surface area contributed by atoms with Crippen LogP contribution < -0.4 is 11.3 Å². The van der Waals surface area contributed by atoms with Gasteiger partial charge in [0.1, 0.15) is 5.39 Å². The van der Waals surface area contributed by atoms with Gasteiger partial charge >= 0.3 is 0 Å². The Bertz CT molecular complexity index is 482. The van der Waals surface area contributed by atoms with E-state index in [4.69, 9.17) is 5.73 Å². The van der Waals surface area contributed by atoms with Gasteiger partial charge in [-0.2, -0.15) is 5.10 Å². The summed E-state index contributed by atoms with van der Waals surface area (Å²) in [5.41, 5.74) is 5.72. The highest BCUT2D eigenvalue weighted by Gasteiger charge is 2.08. The molecule has 0 aliphatic carbocycles. The first kappa shape index (κ1) is 6.84. The Balaban J connectivity index is 3.09. The minimum absolute atomic E-state index is 0.210. The van der Waals surface area contributed by atoms with Gasteiger partial charge < -0.3 is 10.7 Å². The van der Waals surface area contributed by atoms with Gasteiger partial charge in [-0.05, 0) is 0 Å². The van der Waals surface area contributed by atoms with Crippen molar-refractivity contribution in [3.63, 3.8) is 0 Å². The van der Waals surface area contributed by atoms with Crippen LogP contribution in [0.2, 0.25) is 0 Å². The van der Waals surface area contributed by atoms with Crippen molar-refractivity contribution in [1.29, 1.82) is 0 Å². The molecule has 0 aliphatic heterocycles. The zero-order chi connectivity index (χ0) is 8.72. The summed E-state index contributed by atoms with van der Waals surface area (Å²) in [5, 5.41) is 4.21. The Hall–Kier alpha value is -1.85. The number of nitrogens with zero attached hydrogens (tertiary/aromatic N) is 3. The number of nitrogens with one attached hydrogen (secondary N) is 1. The number of aryl methyl sites for hydroxylation is 1. The van der Waals surface area contributed by atoms with Crippen LogP contribution in [0.4, 0.5) is 5.82 Å². The van der Waals surface area contributed by atoms with Crippen molar-refractivity contribution < 1.29 is 0 Å². The molecule has 0 saturated heterocycles. The van der Waals surface area contributed by atoms with Gasteiger partial charge in [-0.3, -0.25) is 4.79 Å². The molecular formula is C6H7N5O. The van der Waals surface area contributed by atoms with Gasteiger partial charge in [0.25, 0.3) is 5.56 Å². The molecular weight excluding hydrogens is 158 g/mol. The Morgan fingerprint density at radius 3 is 3.08 bits per heavy atom. The highest BCUT2D eigenvalue weighted by atomic mass is 16.1. The number of nitrogen functional groups attached to an aromatic ring is 1. The van der Waals surface area contributed by atoms with Crippen LogP contribution in [0.3, 0.4) is 0 Å². The standard InChI is InChI=1S/C6H7N5O/c1-11-5-3(4(7)10-11)6(12)9-2-8-5/h2H,1H3,(H2,7,10)(H,8,9,12). The van der Waals surface area contributed by atoms with Gasteiger partial charge in [0.15, 0.2) is 11.5 Å². The Morgan fingerprint density at radius 2 is 2.42 bits per heavy atom. The summed E-state index contributed by atoms with van der Waals surface area (Å²) in [4.78, 5) is 17.5. The Kier molecular flexibility index (Phi) is 1.18. The molecule has 12 heavy (non-hydrogen) atoms. The molecule has 0 aromatic carbocycles. The molecule has 2 aromatic heterocycles. The minimum atomic E-state index is -0.259. The molecule has 6 heteroatoms. The molecule has 2 rings (SSSR count). The van der Waals surface area contributed by atoms with Crippen LogP contribution in [0.25, 0.3) is 11.0 Å². The van der Waals surface area contributed by atoms with Gasteiger partial charge in [0, 0.05) is 7.05 Å². The third-order valence-corrected chi connectivity index (χ3v) is 1.65. The number of aromatic nitrogens is 4. The van der Waals surface area contributed by atoms with Gasteiger partial charge in [0.2, 0.25) is 0 Å². The average molecular weight is 165 g/mol. The lowest BCUT2D eigenvalue weighted by Crippen LogP contribution is -2.07. The molecule has 0 radical (unpaired) electrons. The summed E-state index contributed by atoms with van der Waals surface area (Å²) in [6.07, 6.45) is 1.33. The SMILES string of the molecule is Cn1nc(N)c2c(=O)[nH]cnc21. The van der Waals surface area contributed by atoms with E-state index in [1.807, 2.05) is 0 Å². The molecule has 2 heterocycles. The second-order valence-corrected chi connectivity index (χ2v) is 2.44. The lowest BCUT2D eigenvalue weighted by Gasteiger charge is -1.88. The van der Waals surface area contributed by atoms with Crippen molar-refractivity contribution in [2.24, 2.45) is 7.05 Å². The van der Waals surface area contributed by atoms with Crippen molar-refractivity contribution in [3.05, 3.63) is 16.7 Å². The summed E-state index contributed by atoms with van der Waals surface area (Å²) in [6.45, 7) is 0. The van der Waals surface area contributed by atoms with E-state index >= 15 is 0 Å². The first-order chi connectivity index (χ1) is 5.70. The molecule has 0 amide bonds. The predicted molar refractivity (Wildman–Crippen MR) is 43.5 cm³/mol. The molecule has 0 spiro atoms. The maximum Gasteiger partial charge on any atom is 0.264 e. The third kappa shape index (κ3) is 0.714. The van der Waals surface area contributed by atoms with Crippen molar-refractivity contribution in [1.82, 2.24) is 19.7 Å². The van der Waals surface area contributed by atoms with E-state index in [9.17, 15) is 4.79 Å². The lowest BCUT2D eigenvalue weighted by atomic mass is 10.4. The Morgan fingerprint density at radius 1 is 1.67 bits per heavy atom. The molecule has 2 aromatic rings. The van der Waals surface area contributed by atoms with E-state index in [1.165, 1.54) is 11.0 Å². The number of fused-ring (bicyclic) bond motifs is 1. The van der Waals surface area contributed by atoms with E-state index in [-0.39, 0.29) is 11.4 Å². The molecule has 0 saturated carbocycles. The summed E-state index contributed by atoms with van der Waals surface area (Å²) in [7, 11) is 1.69. The molecule has 6 nitrogen and oxygen atoms in total. The Labute approximate surface area is 67.0 Å². The number of hydrogen-bond donors (Lipinski definition) is 2. The first-order valence-corrected chi connectivity index (χ1v) is 3.36. The van der Waals surface area contributed by atoms with Gasteiger partial charge in [-0.25, -0.2) is 9.67 Å². The van der Waals surface area contributed by atoms with E-state index < -0.39 is 0 Å². The molecule has 62 valence electrons. The summed E-state index contributed by atoms with van der Waals surface area (Å²) in [6, 6.07) is 0. The van der Waals surface area contributed by atoms with Gasteiger partial charge in [-0.1, -0.05) is 0 Å². The number of nitrogens with two attached hydrogens (primary N) is 1. The van der Waals surface area contributed by atoms with Crippen LogP contribution in [0, 0.1) is 0 Å². The largest absolute Gasteiger partial charge is 0.381 e. The van der Waals surface area contributed by atoms with Crippen LogP contribution >= 0.6 is 0 Å². The number of aromatic amines is 1. The maximum atomic E-state index is 11.2. The molecule has 0 bridgehead atoms. The molecule has 0 atom stereocenters. The van der Waals surface area contributed by atoms with Gasteiger partial charge in [-0.15, -0.1) is 0 Å². The van der Waals surface area contributed by atoms with Crippen molar-refractivity contribution in [2.75, 3.05) is 5.73 Å². The van der Waals surface area contributed by atoms with Crippen LogP contribution in [0.15, 0.2) is 11.1 Å². The van der Waals surface area contributed by atoms with Gasteiger partial charge in [0.05, 0.1) is 6.33 Å². The number of rotatable bonds is 0.